The summed E-state index contributed by atoms with van der Waals surface area (Å²) in [6.45, 7) is 2.40. The molecule has 0 aliphatic carbocycles. The highest BCUT2D eigenvalue weighted by Gasteiger charge is 2.02. The van der Waals surface area contributed by atoms with Gasteiger partial charge in [0, 0.05) is 38.8 Å². The zero-order valence-corrected chi connectivity index (χ0v) is 15.9. The zero-order valence-electron chi connectivity index (χ0n) is 15.9. The van der Waals surface area contributed by atoms with E-state index < -0.39 is 5.97 Å². The number of ether oxygens (including phenoxy) is 2. The summed E-state index contributed by atoms with van der Waals surface area (Å²) in [6, 6.07) is 0. The van der Waals surface area contributed by atoms with Crippen LogP contribution in [0.25, 0.3) is 0 Å². The summed E-state index contributed by atoms with van der Waals surface area (Å²) in [6.07, 6.45) is 4.84. The zero-order chi connectivity index (χ0) is 20.2. The maximum atomic E-state index is 11.6. The van der Waals surface area contributed by atoms with Crippen LogP contribution in [0.3, 0.4) is 0 Å². The van der Waals surface area contributed by atoms with Crippen molar-refractivity contribution in [2.24, 2.45) is 0 Å². The first kappa shape index (κ1) is 25.0. The van der Waals surface area contributed by atoms with Gasteiger partial charge in [0.25, 0.3) is 0 Å². The Hall–Kier alpha value is -2.00. The summed E-state index contributed by atoms with van der Waals surface area (Å²) < 4.78 is 10.6. The van der Waals surface area contributed by atoms with E-state index in [9.17, 15) is 19.2 Å². The number of carboxylic acids is 1. The van der Waals surface area contributed by atoms with E-state index in [1.807, 2.05) is 0 Å². The van der Waals surface area contributed by atoms with E-state index in [1.54, 1.807) is 0 Å². The number of unbranched alkanes of at least 4 members (excludes halogenated alkanes) is 3. The van der Waals surface area contributed by atoms with E-state index in [-0.39, 0.29) is 31.1 Å². The summed E-state index contributed by atoms with van der Waals surface area (Å²) in [4.78, 5) is 43.2. The van der Waals surface area contributed by atoms with Gasteiger partial charge in [0.05, 0.1) is 26.4 Å². The summed E-state index contributed by atoms with van der Waals surface area (Å²) in [5.41, 5.74) is 0. The predicted molar refractivity (Wildman–Crippen MR) is 98.3 cm³/mol. The van der Waals surface area contributed by atoms with Gasteiger partial charge in [0.15, 0.2) is 0 Å². The van der Waals surface area contributed by atoms with Gasteiger partial charge in [-0.2, -0.15) is 0 Å². The van der Waals surface area contributed by atoms with Crippen LogP contribution in [-0.2, 0) is 28.7 Å². The second-order valence-corrected chi connectivity index (χ2v) is 5.94. The smallest absolute Gasteiger partial charge is 0.303 e. The highest BCUT2D eigenvalue weighted by atomic mass is 16.5. The molecule has 0 saturated heterocycles. The first-order chi connectivity index (χ1) is 13.1. The van der Waals surface area contributed by atoms with E-state index in [0.717, 1.165) is 19.3 Å². The van der Waals surface area contributed by atoms with E-state index in [0.29, 0.717) is 58.6 Å². The predicted octanol–water partition coefficient (Wildman–Crippen LogP) is 0.656. The quantitative estimate of drug-likeness (QED) is 0.219. The third-order valence-electron chi connectivity index (χ3n) is 3.54. The molecule has 0 bridgehead atoms. The van der Waals surface area contributed by atoms with Crippen LogP contribution in [-0.4, -0.2) is 68.7 Å². The van der Waals surface area contributed by atoms with Gasteiger partial charge in [-0.3, -0.25) is 14.4 Å². The number of aliphatic carboxylic acids is 1. The Kier molecular flexibility index (Phi) is 17.4. The Morgan fingerprint density at radius 1 is 0.741 bits per heavy atom. The number of aldehydes is 1. The van der Waals surface area contributed by atoms with Gasteiger partial charge in [-0.05, 0) is 12.8 Å². The normalized spacial score (nSPS) is 10.4. The molecular formula is C18H32N2O7. The number of nitrogens with one attached hydrogen (secondary N) is 2. The van der Waals surface area contributed by atoms with E-state index in [4.69, 9.17) is 14.6 Å². The minimum Gasteiger partial charge on any atom is -0.481 e. The van der Waals surface area contributed by atoms with Crippen LogP contribution in [0.5, 0.6) is 0 Å². The fraction of sp³-hybridized carbons (Fsp3) is 0.778. The molecule has 0 aliphatic rings. The van der Waals surface area contributed by atoms with Crippen molar-refractivity contribution in [3.8, 4) is 0 Å². The molecule has 0 aromatic rings. The van der Waals surface area contributed by atoms with Crippen molar-refractivity contribution < 1.29 is 33.8 Å². The number of amides is 2. The van der Waals surface area contributed by atoms with Gasteiger partial charge in [0.2, 0.25) is 11.8 Å². The Bertz CT molecular complexity index is 430. The van der Waals surface area contributed by atoms with Gasteiger partial charge in [-0.15, -0.1) is 0 Å². The van der Waals surface area contributed by atoms with Crippen LogP contribution in [0.4, 0.5) is 0 Å². The van der Waals surface area contributed by atoms with Crippen molar-refractivity contribution in [3.63, 3.8) is 0 Å². The van der Waals surface area contributed by atoms with Gasteiger partial charge >= 0.3 is 5.97 Å². The first-order valence-electron chi connectivity index (χ1n) is 9.40. The lowest BCUT2D eigenvalue weighted by atomic mass is 10.1. The average Bonchev–Trinajstić information content (AvgIpc) is 2.64. The molecule has 0 atom stereocenters. The molecule has 0 aromatic heterocycles. The molecular weight excluding hydrogens is 356 g/mol. The Morgan fingerprint density at radius 3 is 1.78 bits per heavy atom. The lowest BCUT2D eigenvalue weighted by molar-refractivity contribution is -0.137. The van der Waals surface area contributed by atoms with Gasteiger partial charge in [-0.1, -0.05) is 12.8 Å². The summed E-state index contributed by atoms with van der Waals surface area (Å²) in [5, 5.41) is 13.9. The maximum absolute atomic E-state index is 11.6. The van der Waals surface area contributed by atoms with Crippen molar-refractivity contribution in [1.82, 2.24) is 10.6 Å². The van der Waals surface area contributed by atoms with Crippen LogP contribution >= 0.6 is 0 Å². The van der Waals surface area contributed by atoms with Crippen LogP contribution < -0.4 is 10.6 Å². The molecule has 0 spiro atoms. The number of rotatable bonds is 19. The standard InChI is InChI=1S/C18H32N2O7/c21-11-5-7-17(23)20-10-13-27-15-14-26-12-9-19-16(22)6-3-1-2-4-8-18(24)25/h11H,1-10,12-15H2,(H,19,22)(H,20,23)(H,24,25). The Labute approximate surface area is 160 Å². The van der Waals surface area contributed by atoms with E-state index >= 15 is 0 Å². The van der Waals surface area contributed by atoms with Crippen molar-refractivity contribution in [3.05, 3.63) is 0 Å². The number of hydrogen-bond donors (Lipinski definition) is 3. The third kappa shape index (κ3) is 20.2. The maximum Gasteiger partial charge on any atom is 0.303 e. The molecule has 0 heterocycles. The summed E-state index contributed by atoms with van der Waals surface area (Å²) in [5.74, 6) is -0.979. The van der Waals surface area contributed by atoms with E-state index in [1.165, 1.54) is 0 Å². The van der Waals surface area contributed by atoms with Crippen molar-refractivity contribution in [1.29, 1.82) is 0 Å². The number of carbonyl (C=O) groups excluding carboxylic acids is 3. The molecule has 0 aliphatic heterocycles. The average molecular weight is 388 g/mol. The minimum atomic E-state index is -0.781. The molecule has 156 valence electrons. The van der Waals surface area contributed by atoms with Crippen LogP contribution in [0.15, 0.2) is 0 Å². The second kappa shape index (κ2) is 18.8. The monoisotopic (exact) mass is 388 g/mol. The van der Waals surface area contributed by atoms with Gasteiger partial charge in [0.1, 0.15) is 6.29 Å². The third-order valence-corrected chi connectivity index (χ3v) is 3.54. The molecule has 0 saturated carbocycles. The van der Waals surface area contributed by atoms with Crippen LogP contribution in [0.2, 0.25) is 0 Å². The second-order valence-electron chi connectivity index (χ2n) is 5.94. The topological polar surface area (TPSA) is 131 Å². The fourth-order valence-electron chi connectivity index (χ4n) is 2.13. The molecule has 3 N–H and O–H groups in total. The molecule has 2 amide bonds. The Balaban J connectivity index is 3.25. The molecule has 0 fully saturated rings. The van der Waals surface area contributed by atoms with E-state index in [2.05, 4.69) is 10.6 Å². The largest absolute Gasteiger partial charge is 0.481 e. The highest BCUT2D eigenvalue weighted by Crippen LogP contribution is 2.05. The van der Waals surface area contributed by atoms with Gasteiger partial charge in [-0.25, -0.2) is 0 Å². The summed E-state index contributed by atoms with van der Waals surface area (Å²) in [7, 11) is 0. The first-order valence-corrected chi connectivity index (χ1v) is 9.40. The van der Waals surface area contributed by atoms with Gasteiger partial charge < -0.3 is 30.0 Å². The molecule has 9 heteroatoms. The molecule has 0 aromatic carbocycles. The van der Waals surface area contributed by atoms with Crippen molar-refractivity contribution in [2.45, 2.75) is 51.4 Å². The molecule has 0 rings (SSSR count). The Morgan fingerprint density at radius 2 is 1.26 bits per heavy atom. The minimum absolute atomic E-state index is 0.0293. The molecule has 9 nitrogen and oxygen atoms in total. The van der Waals surface area contributed by atoms with Crippen LogP contribution in [0, 0.1) is 0 Å². The lowest BCUT2D eigenvalue weighted by Gasteiger charge is -2.08. The van der Waals surface area contributed by atoms with Crippen LogP contribution in [0.1, 0.15) is 51.4 Å². The van der Waals surface area contributed by atoms with Crippen molar-refractivity contribution in [2.75, 3.05) is 39.5 Å². The number of carboxylic acid groups (broad SMARTS) is 1. The van der Waals surface area contributed by atoms with Crippen molar-refractivity contribution >= 4 is 24.1 Å². The molecule has 27 heavy (non-hydrogen) atoms. The lowest BCUT2D eigenvalue weighted by Crippen LogP contribution is -2.28. The SMILES string of the molecule is O=CCCC(=O)NCCOCCOCCNC(=O)CCCCCCC(=O)O. The fourth-order valence-corrected chi connectivity index (χ4v) is 2.13. The number of carbonyl (C=O) groups is 4. The molecule has 0 radical (unpaired) electrons. The summed E-state index contributed by atoms with van der Waals surface area (Å²) >= 11 is 0. The molecule has 0 unspecified atom stereocenters. The number of hydrogen-bond acceptors (Lipinski definition) is 6. The highest BCUT2D eigenvalue weighted by molar-refractivity contribution is 5.78.